The van der Waals surface area contributed by atoms with Crippen molar-refractivity contribution < 1.29 is 10.0 Å². The van der Waals surface area contributed by atoms with E-state index >= 15 is 0 Å². The van der Waals surface area contributed by atoms with Crippen LogP contribution in [0.15, 0.2) is 206 Å². The molecule has 6 nitrogen and oxygen atoms in total. The fourth-order valence-corrected chi connectivity index (χ4v) is 10.9. The Labute approximate surface area is 415 Å². The van der Waals surface area contributed by atoms with Crippen molar-refractivity contribution in [1.82, 2.24) is 19.9 Å². The molecule has 0 aliphatic carbocycles. The molecule has 0 saturated heterocycles. The van der Waals surface area contributed by atoms with Gasteiger partial charge in [-0.2, -0.15) is 0 Å². The molecule has 0 aliphatic rings. The topological polar surface area (TPSA) is 92.0 Å². The van der Waals surface area contributed by atoms with Gasteiger partial charge in [0.05, 0.1) is 51.3 Å². The van der Waals surface area contributed by atoms with Gasteiger partial charge in [0, 0.05) is 27.5 Å². The fourth-order valence-electron chi connectivity index (χ4n) is 7.87. The molecular formula is C56H36BCl3N4O2S2. The summed E-state index contributed by atoms with van der Waals surface area (Å²) in [6, 6.07) is 68.1. The maximum atomic E-state index is 8.94. The number of hydrogen-bond donors (Lipinski definition) is 2. The van der Waals surface area contributed by atoms with E-state index in [1.54, 1.807) is 34.8 Å². The zero-order chi connectivity index (χ0) is 46.6. The van der Waals surface area contributed by atoms with Gasteiger partial charge in [0.25, 0.3) is 0 Å². The van der Waals surface area contributed by atoms with Crippen LogP contribution in [0.3, 0.4) is 0 Å². The Kier molecular flexibility index (Phi) is 13.4. The molecule has 0 bridgehead atoms. The van der Waals surface area contributed by atoms with E-state index < -0.39 is 7.12 Å². The van der Waals surface area contributed by atoms with Gasteiger partial charge in [-0.15, -0.1) is 22.7 Å². The van der Waals surface area contributed by atoms with Gasteiger partial charge in [0.15, 0.2) is 5.82 Å². The molecular weight excluding hydrogens is 942 g/mol. The van der Waals surface area contributed by atoms with Crippen LogP contribution in [0.2, 0.25) is 15.3 Å². The Morgan fingerprint density at radius 1 is 0.338 bits per heavy atom. The normalized spacial score (nSPS) is 11.0. The molecule has 0 atom stereocenters. The summed E-state index contributed by atoms with van der Waals surface area (Å²) in [5, 5.41) is 21.7. The molecule has 2 N–H and O–H groups in total. The molecule has 4 heterocycles. The van der Waals surface area contributed by atoms with Crippen LogP contribution < -0.4 is 5.46 Å². The summed E-state index contributed by atoms with van der Waals surface area (Å²) in [6.07, 6.45) is 0. The summed E-state index contributed by atoms with van der Waals surface area (Å²) in [5.41, 5.74) is 11.7. The van der Waals surface area contributed by atoms with Gasteiger partial charge < -0.3 is 10.0 Å². The number of hydrogen-bond acceptors (Lipinski definition) is 8. The summed E-state index contributed by atoms with van der Waals surface area (Å²) < 4.78 is 4.13. The molecule has 68 heavy (non-hydrogen) atoms. The molecule has 0 amide bonds. The summed E-state index contributed by atoms with van der Waals surface area (Å²) in [4.78, 5) is 18.8. The van der Waals surface area contributed by atoms with Crippen LogP contribution in [-0.2, 0) is 0 Å². The minimum absolute atomic E-state index is 0.251. The van der Waals surface area contributed by atoms with Crippen molar-refractivity contribution in [3.8, 4) is 56.2 Å². The van der Waals surface area contributed by atoms with Gasteiger partial charge in [-0.3, -0.25) is 0 Å². The lowest BCUT2D eigenvalue weighted by Gasteiger charge is -2.08. The van der Waals surface area contributed by atoms with E-state index in [1.165, 1.54) is 11.1 Å². The lowest BCUT2D eigenvalue weighted by molar-refractivity contribution is 0.426. The van der Waals surface area contributed by atoms with Crippen molar-refractivity contribution in [3.63, 3.8) is 0 Å². The van der Waals surface area contributed by atoms with Crippen LogP contribution >= 0.6 is 57.5 Å². The fraction of sp³-hybridized carbons (Fsp3) is 0. The van der Waals surface area contributed by atoms with Gasteiger partial charge in [0.2, 0.25) is 5.28 Å². The monoisotopic (exact) mass is 976 g/mol. The van der Waals surface area contributed by atoms with Gasteiger partial charge in [0.1, 0.15) is 0 Å². The number of thiophene rings is 2. The first kappa shape index (κ1) is 45.0. The smallest absolute Gasteiger partial charge is 0.423 e. The van der Waals surface area contributed by atoms with Crippen molar-refractivity contribution in [2.75, 3.05) is 0 Å². The van der Waals surface area contributed by atoms with Crippen LogP contribution in [0.5, 0.6) is 0 Å². The second kappa shape index (κ2) is 20.2. The number of nitrogens with zero attached hydrogens (tertiary/aromatic N) is 4. The van der Waals surface area contributed by atoms with Crippen LogP contribution in [0.1, 0.15) is 0 Å². The third-order valence-corrected chi connectivity index (χ3v) is 14.7. The van der Waals surface area contributed by atoms with E-state index in [1.807, 2.05) is 127 Å². The van der Waals surface area contributed by atoms with Crippen LogP contribution in [-0.4, -0.2) is 37.1 Å². The third kappa shape index (κ3) is 9.52. The molecule has 0 spiro atoms. The zero-order valence-electron chi connectivity index (χ0n) is 35.8. The summed E-state index contributed by atoms with van der Waals surface area (Å²) in [7, 11) is -1.39. The van der Waals surface area contributed by atoms with Crippen LogP contribution in [0.4, 0.5) is 0 Å². The zero-order valence-corrected chi connectivity index (χ0v) is 39.7. The molecule has 0 saturated carbocycles. The van der Waals surface area contributed by atoms with Crippen LogP contribution in [0.25, 0.3) is 96.8 Å². The lowest BCUT2D eigenvalue weighted by Crippen LogP contribution is -2.29. The quantitative estimate of drug-likeness (QED) is 0.127. The highest BCUT2D eigenvalue weighted by Crippen LogP contribution is 2.43. The molecule has 328 valence electrons. The first-order valence-corrected chi connectivity index (χ1v) is 24.3. The van der Waals surface area contributed by atoms with E-state index in [2.05, 4.69) is 76.7 Å². The first-order valence-electron chi connectivity index (χ1n) is 21.5. The lowest BCUT2D eigenvalue weighted by atomic mass is 9.80. The number of halogens is 3. The van der Waals surface area contributed by atoms with E-state index in [0.717, 1.165) is 95.7 Å². The molecule has 0 radical (unpaired) electrons. The van der Waals surface area contributed by atoms with E-state index in [-0.39, 0.29) is 5.28 Å². The minimum atomic E-state index is -1.39. The largest absolute Gasteiger partial charge is 0.488 e. The molecule has 4 aromatic heterocycles. The molecule has 12 aromatic rings. The predicted octanol–water partition coefficient (Wildman–Crippen LogP) is 15.4. The molecule has 12 rings (SSSR count). The molecule has 8 aromatic carbocycles. The van der Waals surface area contributed by atoms with Crippen molar-refractivity contribution in [2.24, 2.45) is 0 Å². The highest BCUT2D eigenvalue weighted by molar-refractivity contribution is 7.27. The van der Waals surface area contributed by atoms with Gasteiger partial charge in [-0.25, -0.2) is 19.9 Å². The van der Waals surface area contributed by atoms with E-state index in [0.29, 0.717) is 5.46 Å². The average Bonchev–Trinajstić information content (AvgIpc) is 3.97. The highest BCUT2D eigenvalue weighted by atomic mass is 35.5. The molecule has 0 fully saturated rings. The van der Waals surface area contributed by atoms with Crippen LogP contribution in [0, 0.1) is 0 Å². The van der Waals surface area contributed by atoms with Gasteiger partial charge >= 0.3 is 7.12 Å². The van der Waals surface area contributed by atoms with Gasteiger partial charge in [-0.1, -0.05) is 217 Å². The van der Waals surface area contributed by atoms with Crippen molar-refractivity contribution in [2.45, 2.75) is 0 Å². The maximum absolute atomic E-state index is 8.94. The Morgan fingerprint density at radius 3 is 1.18 bits per heavy atom. The van der Waals surface area contributed by atoms with Crippen molar-refractivity contribution in [3.05, 3.63) is 222 Å². The number of aromatic nitrogens is 4. The predicted molar refractivity (Wildman–Crippen MR) is 288 cm³/mol. The van der Waals surface area contributed by atoms with Gasteiger partial charge in [-0.05, 0) is 51.5 Å². The van der Waals surface area contributed by atoms with Crippen molar-refractivity contribution in [1.29, 1.82) is 0 Å². The minimum Gasteiger partial charge on any atom is -0.423 e. The second-order valence-corrected chi connectivity index (χ2v) is 18.8. The average molecular weight is 978 g/mol. The van der Waals surface area contributed by atoms with E-state index in [4.69, 9.17) is 54.8 Å². The van der Waals surface area contributed by atoms with Crippen molar-refractivity contribution >= 4 is 111 Å². The Hall–Kier alpha value is -6.79. The summed E-state index contributed by atoms with van der Waals surface area (Å²) in [5.74, 6) is 0.718. The number of rotatable bonds is 6. The van der Waals surface area contributed by atoms with E-state index in [9.17, 15) is 0 Å². The third-order valence-electron chi connectivity index (χ3n) is 11.2. The first-order chi connectivity index (χ1) is 33.3. The Balaban J connectivity index is 0.000000129. The summed E-state index contributed by atoms with van der Waals surface area (Å²) in [6.45, 7) is 0. The molecule has 12 heteroatoms. The molecule has 0 unspecified atom stereocenters. The Bertz CT molecular complexity index is 3680. The maximum Gasteiger partial charge on any atom is 0.488 e. The highest BCUT2D eigenvalue weighted by Gasteiger charge is 2.19. The number of fused-ring (bicyclic) bond motifs is 6. The second-order valence-electron chi connectivity index (χ2n) is 15.6. The molecule has 0 aliphatic heterocycles. The number of benzene rings is 8. The SMILES string of the molecule is Clc1cccc2c1sc1c(-c3ccccc3)nc(-c3ccc(-c4ccccc4)cc3)nc12.Clc1nc(-c2ccccc2)c2sc3c(Cl)cccc3c2n1.OB(O)c1ccc(-c2ccccc2)cc1. The standard InChI is InChI=1S/C28H17ClN2S.C16H8Cl2N2S.C12H11BO2/c29-23-13-7-12-22-25-27(32-26(22)23)24(20-10-5-2-6-11-20)30-28(31-25)21-16-14-19(15-17-21)18-8-3-1-4-9-18;17-11-8-4-7-10-13-15(21-14(10)11)12(19-16(18)20-13)9-5-2-1-3-6-9;14-13(15)12-8-6-11(7-9-12)10-4-2-1-3-5-10/h1-17H;1-8H;1-9,14-15H. The Morgan fingerprint density at radius 2 is 0.721 bits per heavy atom. The summed E-state index contributed by atoms with van der Waals surface area (Å²) >= 11 is 22.2.